The first-order valence-corrected chi connectivity index (χ1v) is 7.10. The Morgan fingerprint density at radius 1 is 1.37 bits per heavy atom. The normalized spacial score (nSPS) is 27.3. The summed E-state index contributed by atoms with van der Waals surface area (Å²) in [5, 5.41) is 3.07. The standard InChI is InChI=1S/C15H19N3O/c16-11-2-3-12-10(7-11)1-4-13(12)18-9-15(5-6-15)8-17-14(18)19/h2-3,7,13H,1,4-6,8-9,16H2,(H,17,19)/t13-/m1/s1. The lowest BCUT2D eigenvalue weighted by Gasteiger charge is -2.38. The van der Waals surface area contributed by atoms with E-state index >= 15 is 0 Å². The summed E-state index contributed by atoms with van der Waals surface area (Å²) in [6.45, 7) is 1.79. The number of anilines is 1. The molecule has 19 heavy (non-hydrogen) atoms. The fourth-order valence-corrected chi connectivity index (χ4v) is 3.56. The number of hydrogen-bond acceptors (Lipinski definition) is 2. The first-order valence-electron chi connectivity index (χ1n) is 7.10. The van der Waals surface area contributed by atoms with Crippen molar-refractivity contribution >= 4 is 11.7 Å². The number of nitrogen functional groups attached to an aromatic ring is 1. The third-order valence-electron chi connectivity index (χ3n) is 4.93. The van der Waals surface area contributed by atoms with Gasteiger partial charge in [0.25, 0.3) is 0 Å². The highest BCUT2D eigenvalue weighted by atomic mass is 16.2. The summed E-state index contributed by atoms with van der Waals surface area (Å²) in [4.78, 5) is 14.2. The average molecular weight is 257 g/mol. The SMILES string of the molecule is Nc1ccc2c(c1)CC[C@H]2N1CC2(CC2)CNC1=O. The van der Waals surface area contributed by atoms with Crippen molar-refractivity contribution in [3.8, 4) is 0 Å². The zero-order valence-electron chi connectivity index (χ0n) is 11.0. The van der Waals surface area contributed by atoms with Crippen molar-refractivity contribution in [3.63, 3.8) is 0 Å². The van der Waals surface area contributed by atoms with E-state index in [1.54, 1.807) is 0 Å². The van der Waals surface area contributed by atoms with Crippen LogP contribution in [0.3, 0.4) is 0 Å². The maximum Gasteiger partial charge on any atom is 0.317 e. The molecule has 1 saturated carbocycles. The number of nitrogens with one attached hydrogen (secondary N) is 1. The molecule has 4 rings (SSSR count). The lowest BCUT2D eigenvalue weighted by molar-refractivity contribution is 0.133. The Balaban J connectivity index is 1.65. The fourth-order valence-electron chi connectivity index (χ4n) is 3.56. The molecule has 0 aromatic heterocycles. The number of hydrogen-bond donors (Lipinski definition) is 2. The molecule has 2 fully saturated rings. The molecule has 1 heterocycles. The molecular formula is C15H19N3O. The largest absolute Gasteiger partial charge is 0.399 e. The number of carbonyl (C=O) groups is 1. The Bertz CT molecular complexity index is 550. The van der Waals surface area contributed by atoms with Crippen molar-refractivity contribution in [3.05, 3.63) is 29.3 Å². The Kier molecular flexibility index (Phi) is 2.14. The number of nitrogens with two attached hydrogens (primary N) is 1. The molecule has 4 nitrogen and oxygen atoms in total. The number of fused-ring (bicyclic) bond motifs is 1. The van der Waals surface area contributed by atoms with Crippen molar-refractivity contribution in [2.45, 2.75) is 31.7 Å². The number of benzene rings is 1. The minimum atomic E-state index is 0.104. The monoisotopic (exact) mass is 257 g/mol. The summed E-state index contributed by atoms with van der Waals surface area (Å²) in [6.07, 6.45) is 4.57. The Hall–Kier alpha value is -1.71. The van der Waals surface area contributed by atoms with E-state index in [2.05, 4.69) is 22.3 Å². The second kappa shape index (κ2) is 3.65. The van der Waals surface area contributed by atoms with Gasteiger partial charge in [0, 0.05) is 24.2 Å². The molecule has 0 radical (unpaired) electrons. The highest BCUT2D eigenvalue weighted by molar-refractivity contribution is 5.76. The lowest BCUT2D eigenvalue weighted by Crippen LogP contribution is -2.52. The van der Waals surface area contributed by atoms with Crippen LogP contribution >= 0.6 is 0 Å². The van der Waals surface area contributed by atoms with Crippen LogP contribution in [-0.2, 0) is 6.42 Å². The Labute approximate surface area is 113 Å². The van der Waals surface area contributed by atoms with Crippen LogP contribution in [0.2, 0.25) is 0 Å². The van der Waals surface area contributed by atoms with E-state index in [4.69, 9.17) is 5.73 Å². The van der Waals surface area contributed by atoms with Gasteiger partial charge in [-0.1, -0.05) is 6.07 Å². The van der Waals surface area contributed by atoms with Gasteiger partial charge in [-0.3, -0.25) is 0 Å². The maximum atomic E-state index is 12.2. The number of aryl methyl sites for hydroxylation is 1. The van der Waals surface area contributed by atoms with Crippen LogP contribution in [0.25, 0.3) is 0 Å². The van der Waals surface area contributed by atoms with Gasteiger partial charge >= 0.3 is 6.03 Å². The van der Waals surface area contributed by atoms with Crippen molar-refractivity contribution in [2.75, 3.05) is 18.8 Å². The van der Waals surface area contributed by atoms with Crippen LogP contribution in [0.5, 0.6) is 0 Å². The second-order valence-electron chi connectivity index (χ2n) is 6.30. The van der Waals surface area contributed by atoms with E-state index in [-0.39, 0.29) is 12.1 Å². The number of carbonyl (C=O) groups excluding carboxylic acids is 1. The zero-order valence-corrected chi connectivity index (χ0v) is 11.0. The molecule has 100 valence electrons. The first-order chi connectivity index (χ1) is 9.17. The van der Waals surface area contributed by atoms with E-state index in [0.29, 0.717) is 5.41 Å². The molecule has 2 aliphatic carbocycles. The molecule has 0 bridgehead atoms. The molecule has 1 aromatic carbocycles. The third kappa shape index (κ3) is 1.70. The summed E-state index contributed by atoms with van der Waals surface area (Å²) in [6, 6.07) is 6.46. The van der Waals surface area contributed by atoms with Gasteiger partial charge in [-0.2, -0.15) is 0 Å². The smallest absolute Gasteiger partial charge is 0.317 e. The van der Waals surface area contributed by atoms with E-state index in [9.17, 15) is 4.79 Å². The quantitative estimate of drug-likeness (QED) is 0.757. The van der Waals surface area contributed by atoms with Gasteiger partial charge in [-0.15, -0.1) is 0 Å². The summed E-state index contributed by atoms with van der Waals surface area (Å²) in [5.41, 5.74) is 9.65. The lowest BCUT2D eigenvalue weighted by atomic mass is 10.0. The van der Waals surface area contributed by atoms with Crippen molar-refractivity contribution in [2.24, 2.45) is 5.41 Å². The van der Waals surface area contributed by atoms with Gasteiger partial charge in [0.2, 0.25) is 0 Å². The van der Waals surface area contributed by atoms with Crippen LogP contribution in [-0.4, -0.2) is 24.0 Å². The minimum absolute atomic E-state index is 0.104. The Morgan fingerprint density at radius 2 is 2.21 bits per heavy atom. The summed E-state index contributed by atoms with van der Waals surface area (Å²) in [5.74, 6) is 0. The van der Waals surface area contributed by atoms with E-state index in [0.717, 1.165) is 31.6 Å². The fraction of sp³-hybridized carbons (Fsp3) is 0.533. The van der Waals surface area contributed by atoms with Gasteiger partial charge in [-0.25, -0.2) is 4.79 Å². The third-order valence-corrected chi connectivity index (χ3v) is 4.93. The summed E-state index contributed by atoms with van der Waals surface area (Å²) in [7, 11) is 0. The van der Waals surface area contributed by atoms with Gasteiger partial charge < -0.3 is 16.0 Å². The molecule has 2 amide bonds. The van der Waals surface area contributed by atoms with Gasteiger partial charge in [0.15, 0.2) is 0 Å². The molecule has 1 aromatic rings. The molecule has 1 atom stereocenters. The molecule has 0 unspecified atom stereocenters. The van der Waals surface area contributed by atoms with Crippen LogP contribution < -0.4 is 11.1 Å². The van der Waals surface area contributed by atoms with Crippen LogP contribution in [0.15, 0.2) is 18.2 Å². The highest BCUT2D eigenvalue weighted by Crippen LogP contribution is 2.49. The van der Waals surface area contributed by atoms with Crippen LogP contribution in [0, 0.1) is 5.41 Å². The first kappa shape index (κ1) is 11.1. The number of rotatable bonds is 1. The molecule has 4 heteroatoms. The Morgan fingerprint density at radius 3 is 3.00 bits per heavy atom. The second-order valence-corrected chi connectivity index (χ2v) is 6.30. The van der Waals surface area contributed by atoms with Crippen molar-refractivity contribution in [1.29, 1.82) is 0 Å². The topological polar surface area (TPSA) is 58.4 Å². The molecule has 1 spiro atoms. The van der Waals surface area contributed by atoms with Gasteiger partial charge in [0.05, 0.1) is 6.04 Å². The van der Waals surface area contributed by atoms with Crippen LogP contribution in [0.1, 0.15) is 36.4 Å². The molecular weight excluding hydrogens is 238 g/mol. The molecule has 1 aliphatic heterocycles. The van der Waals surface area contributed by atoms with Crippen LogP contribution in [0.4, 0.5) is 10.5 Å². The predicted octanol–water partition coefficient (Wildman–Crippen LogP) is 2.06. The van der Waals surface area contributed by atoms with Crippen molar-refractivity contribution in [1.82, 2.24) is 10.2 Å². The number of nitrogens with zero attached hydrogens (tertiary/aromatic N) is 1. The summed E-state index contributed by atoms with van der Waals surface area (Å²) < 4.78 is 0. The summed E-state index contributed by atoms with van der Waals surface area (Å²) >= 11 is 0. The van der Waals surface area contributed by atoms with E-state index in [1.165, 1.54) is 24.0 Å². The predicted molar refractivity (Wildman–Crippen MR) is 73.7 cm³/mol. The molecule has 3 N–H and O–H groups in total. The van der Waals surface area contributed by atoms with E-state index < -0.39 is 0 Å². The number of amides is 2. The average Bonchev–Trinajstić information content (AvgIpc) is 3.03. The van der Waals surface area contributed by atoms with Gasteiger partial charge in [-0.05, 0) is 48.9 Å². The maximum absolute atomic E-state index is 12.2. The van der Waals surface area contributed by atoms with E-state index in [1.807, 2.05) is 6.07 Å². The number of urea groups is 1. The molecule has 3 aliphatic rings. The van der Waals surface area contributed by atoms with Gasteiger partial charge in [0.1, 0.15) is 0 Å². The van der Waals surface area contributed by atoms with Crippen molar-refractivity contribution < 1.29 is 4.79 Å². The molecule has 1 saturated heterocycles. The zero-order chi connectivity index (χ0) is 13.0. The highest BCUT2D eigenvalue weighted by Gasteiger charge is 2.49. The minimum Gasteiger partial charge on any atom is -0.399 e.